The van der Waals surface area contributed by atoms with E-state index in [1.54, 1.807) is 48.5 Å². The normalized spacial score (nSPS) is 9.58. The molecule has 3 rings (SSSR count). The third kappa shape index (κ3) is 10.6. The van der Waals surface area contributed by atoms with E-state index in [1.165, 1.54) is 12.1 Å². The van der Waals surface area contributed by atoms with Gasteiger partial charge in [0.05, 0.1) is 11.5 Å². The minimum atomic E-state index is -4.47. The molecule has 0 amide bonds. The standard InChI is InChI=1S/2C7H6O2.C6H6O5S.Na/c2*8-7(9)6-4-2-1-3-5-6;7-4-1-2-5(8)6(3-4)12(9,10)11;/h2*1-5H,(H,8,9);1-3,7-8H,(H,9,10,11);/q;;;+1/p-1. The molecule has 0 saturated carbocycles. The zero-order chi connectivity index (χ0) is 22.7. The third-order valence-electron chi connectivity index (χ3n) is 3.25. The summed E-state index contributed by atoms with van der Waals surface area (Å²) in [4.78, 5) is 19.6. The summed E-state index contributed by atoms with van der Waals surface area (Å²) in [5.74, 6) is -2.96. The number of rotatable bonds is 3. The maximum absolute atomic E-state index is 10.5. The maximum Gasteiger partial charge on any atom is 1.00 e. The van der Waals surface area contributed by atoms with Gasteiger partial charge in [0, 0.05) is 6.07 Å². The fourth-order valence-electron chi connectivity index (χ4n) is 1.86. The van der Waals surface area contributed by atoms with Crippen molar-refractivity contribution in [2.45, 2.75) is 4.90 Å². The van der Waals surface area contributed by atoms with Gasteiger partial charge in [0.2, 0.25) is 0 Å². The molecule has 0 saturated heterocycles. The van der Waals surface area contributed by atoms with Gasteiger partial charge in [-0.05, 0) is 29.8 Å². The Morgan fingerprint density at radius 1 is 0.774 bits per heavy atom. The Hall–Kier alpha value is -2.89. The molecule has 0 unspecified atom stereocenters. The number of carboxylic acid groups (broad SMARTS) is 2. The van der Waals surface area contributed by atoms with Gasteiger partial charge < -0.3 is 25.2 Å². The molecule has 0 aromatic heterocycles. The first-order valence-electron chi connectivity index (χ1n) is 8.06. The molecule has 4 N–H and O–H groups in total. The predicted molar refractivity (Wildman–Crippen MR) is 104 cm³/mol. The van der Waals surface area contributed by atoms with Crippen LogP contribution in [0.5, 0.6) is 11.5 Å². The number of hydrogen-bond acceptors (Lipinski definition) is 7. The Kier molecular flexibility index (Phi) is 12.2. The Labute approximate surface area is 200 Å². The van der Waals surface area contributed by atoms with Crippen LogP contribution < -0.4 is 34.7 Å². The molecule has 31 heavy (non-hydrogen) atoms. The molecule has 0 radical (unpaired) electrons. The smallest absolute Gasteiger partial charge is 0.545 e. The largest absolute Gasteiger partial charge is 1.00 e. The Balaban J connectivity index is 0.000000435. The summed E-state index contributed by atoms with van der Waals surface area (Å²) in [6.45, 7) is 0. The number of hydrogen-bond donors (Lipinski definition) is 4. The van der Waals surface area contributed by atoms with E-state index in [2.05, 4.69) is 0 Å². The maximum atomic E-state index is 10.5. The van der Waals surface area contributed by atoms with Crippen molar-refractivity contribution in [3.05, 3.63) is 90.0 Å². The van der Waals surface area contributed by atoms with Crippen molar-refractivity contribution >= 4 is 22.1 Å². The second-order valence-electron chi connectivity index (χ2n) is 5.45. The van der Waals surface area contributed by atoms with Crippen LogP contribution >= 0.6 is 0 Å². The SMILES string of the molecule is O=C(O)c1ccccc1.O=C([O-])c1ccccc1.O=S(=O)(O)c1cc(O)ccc1O.[Na+]. The molecule has 0 aliphatic rings. The number of phenols is 2. The molecule has 0 fully saturated rings. The number of phenolic OH excluding ortho intramolecular Hbond substituents is 2. The van der Waals surface area contributed by atoms with Gasteiger partial charge in [0.25, 0.3) is 10.1 Å². The van der Waals surface area contributed by atoms with Crippen LogP contribution in [0.15, 0.2) is 83.8 Å². The van der Waals surface area contributed by atoms with Crippen LogP contribution in [-0.4, -0.2) is 40.2 Å². The summed E-state index contributed by atoms with van der Waals surface area (Å²) in [5.41, 5.74) is 0.551. The minimum Gasteiger partial charge on any atom is -0.545 e. The number of aromatic hydroxyl groups is 2. The summed E-state index contributed by atoms with van der Waals surface area (Å²) >= 11 is 0. The molecular weight excluding hydrogens is 439 g/mol. The van der Waals surface area contributed by atoms with Crippen molar-refractivity contribution in [1.29, 1.82) is 0 Å². The Morgan fingerprint density at radius 2 is 1.23 bits per heavy atom. The van der Waals surface area contributed by atoms with Crippen LogP contribution in [-0.2, 0) is 10.1 Å². The first kappa shape index (κ1) is 28.1. The summed E-state index contributed by atoms with van der Waals surface area (Å²) in [6, 6.07) is 19.2. The van der Waals surface area contributed by atoms with E-state index in [-0.39, 0.29) is 40.9 Å². The molecule has 0 heterocycles. The van der Waals surface area contributed by atoms with E-state index in [4.69, 9.17) is 19.9 Å². The Bertz CT molecular complexity index is 1040. The number of carbonyl (C=O) groups is 2. The first-order chi connectivity index (χ1) is 14.0. The average Bonchev–Trinajstić information content (AvgIpc) is 2.71. The monoisotopic (exact) mass is 456 g/mol. The molecule has 0 spiro atoms. The van der Waals surface area contributed by atoms with E-state index in [0.717, 1.165) is 18.2 Å². The average molecular weight is 456 g/mol. The van der Waals surface area contributed by atoms with Crippen LogP contribution in [0.25, 0.3) is 0 Å². The van der Waals surface area contributed by atoms with Crippen molar-refractivity contribution in [3.8, 4) is 11.5 Å². The van der Waals surface area contributed by atoms with Gasteiger partial charge in [-0.25, -0.2) is 4.79 Å². The van der Waals surface area contributed by atoms with Crippen LogP contribution in [0.2, 0.25) is 0 Å². The minimum absolute atomic E-state index is 0. The summed E-state index contributed by atoms with van der Waals surface area (Å²) < 4.78 is 29.5. The van der Waals surface area contributed by atoms with Crippen LogP contribution in [0.3, 0.4) is 0 Å². The molecule has 11 heteroatoms. The summed E-state index contributed by atoms with van der Waals surface area (Å²) in [6.07, 6.45) is 0. The fraction of sp³-hybridized carbons (Fsp3) is 0. The number of carbonyl (C=O) groups excluding carboxylic acids is 1. The second-order valence-corrected chi connectivity index (χ2v) is 6.84. The molecular formula is C20H17NaO9S. The van der Waals surface area contributed by atoms with E-state index >= 15 is 0 Å². The van der Waals surface area contributed by atoms with E-state index < -0.39 is 32.7 Å². The topological polar surface area (TPSA) is 172 Å². The number of aromatic carboxylic acids is 2. The van der Waals surface area contributed by atoms with Crippen molar-refractivity contribution in [2.24, 2.45) is 0 Å². The molecule has 0 bridgehead atoms. The van der Waals surface area contributed by atoms with Crippen molar-refractivity contribution in [1.82, 2.24) is 0 Å². The molecule has 0 aliphatic carbocycles. The zero-order valence-electron chi connectivity index (χ0n) is 16.2. The second kappa shape index (κ2) is 13.4. The predicted octanol–water partition coefficient (Wildman–Crippen LogP) is -1.22. The van der Waals surface area contributed by atoms with Crippen LogP contribution in [0.1, 0.15) is 20.7 Å². The molecule has 9 nitrogen and oxygen atoms in total. The van der Waals surface area contributed by atoms with Crippen molar-refractivity contribution < 1.29 is 72.5 Å². The number of carboxylic acids is 2. The third-order valence-corrected chi connectivity index (χ3v) is 4.13. The molecule has 158 valence electrons. The fourth-order valence-corrected chi connectivity index (χ4v) is 2.47. The quantitative estimate of drug-likeness (QED) is 0.214. The van der Waals surface area contributed by atoms with Gasteiger partial charge in [-0.15, -0.1) is 0 Å². The van der Waals surface area contributed by atoms with Gasteiger partial charge in [0.1, 0.15) is 16.4 Å². The van der Waals surface area contributed by atoms with Gasteiger partial charge in [-0.3, -0.25) is 4.55 Å². The molecule has 0 atom stereocenters. The van der Waals surface area contributed by atoms with Crippen LogP contribution in [0.4, 0.5) is 0 Å². The molecule has 0 aliphatic heterocycles. The van der Waals surface area contributed by atoms with E-state index in [9.17, 15) is 23.1 Å². The van der Waals surface area contributed by atoms with Gasteiger partial charge in [-0.1, -0.05) is 48.5 Å². The van der Waals surface area contributed by atoms with Gasteiger partial charge in [-0.2, -0.15) is 8.42 Å². The Morgan fingerprint density at radius 3 is 1.52 bits per heavy atom. The van der Waals surface area contributed by atoms with Crippen molar-refractivity contribution in [2.75, 3.05) is 0 Å². The van der Waals surface area contributed by atoms with E-state index in [1.807, 2.05) is 0 Å². The molecule has 3 aromatic rings. The van der Waals surface area contributed by atoms with Crippen LogP contribution in [0, 0.1) is 0 Å². The number of benzene rings is 3. The van der Waals surface area contributed by atoms with Crippen molar-refractivity contribution in [3.63, 3.8) is 0 Å². The van der Waals surface area contributed by atoms with E-state index in [0.29, 0.717) is 5.56 Å². The summed E-state index contributed by atoms with van der Waals surface area (Å²) in [5, 5.41) is 36.2. The first-order valence-corrected chi connectivity index (χ1v) is 9.50. The summed E-state index contributed by atoms with van der Waals surface area (Å²) in [7, 11) is -4.47. The molecule has 3 aromatic carbocycles. The van der Waals surface area contributed by atoms with Gasteiger partial charge >= 0.3 is 35.5 Å². The van der Waals surface area contributed by atoms with Gasteiger partial charge in [0.15, 0.2) is 0 Å². The zero-order valence-corrected chi connectivity index (χ0v) is 19.1.